The summed E-state index contributed by atoms with van der Waals surface area (Å²) in [6, 6.07) is 5.74. The van der Waals surface area contributed by atoms with E-state index in [0.29, 0.717) is 12.1 Å². The number of hydrogen-bond acceptors (Lipinski definition) is 2. The Hall–Kier alpha value is -1.56. The lowest BCUT2D eigenvalue weighted by Gasteiger charge is -2.36. The molecular weight excluding hydrogens is 329 g/mol. The highest BCUT2D eigenvalue weighted by Gasteiger charge is 2.34. The van der Waals surface area contributed by atoms with E-state index in [-0.39, 0.29) is 18.4 Å². The van der Waals surface area contributed by atoms with Crippen LogP contribution < -0.4 is 0 Å². The molecule has 2 fully saturated rings. The molecule has 0 unspecified atom stereocenters. The third-order valence-electron chi connectivity index (χ3n) is 5.24. The molecule has 0 aliphatic carbocycles. The number of likely N-dealkylation sites (tertiary alicyclic amines) is 2. The predicted molar refractivity (Wildman–Crippen MR) is 89.9 cm³/mol. The largest absolute Gasteiger partial charge is 0.416 e. The van der Waals surface area contributed by atoms with E-state index < -0.39 is 11.7 Å². The maximum absolute atomic E-state index is 13.2. The molecule has 1 aromatic carbocycles. The first-order valence-electron chi connectivity index (χ1n) is 9.11. The van der Waals surface area contributed by atoms with Crippen molar-refractivity contribution in [2.45, 2.75) is 44.8 Å². The summed E-state index contributed by atoms with van der Waals surface area (Å²) in [7, 11) is 0. The van der Waals surface area contributed by atoms with Gasteiger partial charge in [-0.1, -0.05) is 18.2 Å². The zero-order valence-corrected chi connectivity index (χ0v) is 14.4. The van der Waals surface area contributed by atoms with Gasteiger partial charge in [0.05, 0.1) is 11.5 Å². The molecule has 6 heteroatoms. The highest BCUT2D eigenvalue weighted by Crippen LogP contribution is 2.33. The molecule has 2 saturated heterocycles. The standard InChI is InChI=1S/C19H25F3N2O/c20-19(21,22)17-9-3-2-7-15(17)13-23-10-6-8-16(14-23)18(25)24-11-4-1-5-12-24/h2-3,7,9,16H,1,4-6,8,10-14H2/t16-/m0/s1. The van der Waals surface area contributed by atoms with Crippen molar-refractivity contribution in [3.05, 3.63) is 35.4 Å². The smallest absolute Gasteiger partial charge is 0.342 e. The summed E-state index contributed by atoms with van der Waals surface area (Å²) in [4.78, 5) is 16.6. The lowest BCUT2D eigenvalue weighted by atomic mass is 9.94. The summed E-state index contributed by atoms with van der Waals surface area (Å²) >= 11 is 0. The minimum atomic E-state index is -4.34. The number of alkyl halides is 3. The average Bonchev–Trinajstić information content (AvgIpc) is 2.62. The van der Waals surface area contributed by atoms with E-state index in [4.69, 9.17) is 0 Å². The number of nitrogens with zero attached hydrogens (tertiary/aromatic N) is 2. The van der Waals surface area contributed by atoms with Crippen LogP contribution in [0.3, 0.4) is 0 Å². The minimum Gasteiger partial charge on any atom is -0.342 e. The molecule has 25 heavy (non-hydrogen) atoms. The van der Waals surface area contributed by atoms with E-state index in [9.17, 15) is 18.0 Å². The van der Waals surface area contributed by atoms with E-state index in [1.165, 1.54) is 12.5 Å². The molecule has 3 nitrogen and oxygen atoms in total. The van der Waals surface area contributed by atoms with Crippen LogP contribution in [0.4, 0.5) is 13.2 Å². The van der Waals surface area contributed by atoms with Crippen molar-refractivity contribution in [3.63, 3.8) is 0 Å². The Labute approximate surface area is 146 Å². The quantitative estimate of drug-likeness (QED) is 0.821. The monoisotopic (exact) mass is 354 g/mol. The second-order valence-corrected chi connectivity index (χ2v) is 7.12. The molecular formula is C19H25F3N2O. The SMILES string of the molecule is O=C([C@H]1CCCN(Cc2ccccc2C(F)(F)F)C1)N1CCCCC1. The van der Waals surface area contributed by atoms with Gasteiger partial charge >= 0.3 is 6.18 Å². The molecule has 0 spiro atoms. The molecule has 2 aliphatic heterocycles. The molecule has 138 valence electrons. The zero-order chi connectivity index (χ0) is 17.9. The van der Waals surface area contributed by atoms with Crippen molar-refractivity contribution < 1.29 is 18.0 Å². The van der Waals surface area contributed by atoms with Crippen molar-refractivity contribution in [2.75, 3.05) is 26.2 Å². The van der Waals surface area contributed by atoms with Gasteiger partial charge < -0.3 is 4.90 Å². The molecule has 0 bridgehead atoms. The third-order valence-corrected chi connectivity index (χ3v) is 5.24. The normalized spacial score (nSPS) is 22.8. The number of hydrogen-bond donors (Lipinski definition) is 0. The number of piperidine rings is 2. The summed E-state index contributed by atoms with van der Waals surface area (Å²) in [5.41, 5.74) is -0.277. The molecule has 2 aliphatic rings. The van der Waals surface area contributed by atoms with Gasteiger partial charge in [0, 0.05) is 26.2 Å². The van der Waals surface area contributed by atoms with Gasteiger partial charge in [0.2, 0.25) is 5.91 Å². The Balaban J connectivity index is 1.65. The topological polar surface area (TPSA) is 23.6 Å². The Morgan fingerprint density at radius 3 is 2.48 bits per heavy atom. The van der Waals surface area contributed by atoms with E-state index in [0.717, 1.165) is 51.4 Å². The van der Waals surface area contributed by atoms with Crippen molar-refractivity contribution in [1.82, 2.24) is 9.80 Å². The fourth-order valence-corrected chi connectivity index (χ4v) is 3.95. The Kier molecular flexibility index (Phi) is 5.67. The molecule has 1 atom stereocenters. The molecule has 2 heterocycles. The number of halogens is 3. The van der Waals surface area contributed by atoms with Gasteiger partial charge in [0.1, 0.15) is 0 Å². The maximum atomic E-state index is 13.2. The van der Waals surface area contributed by atoms with Gasteiger partial charge in [0.15, 0.2) is 0 Å². The van der Waals surface area contributed by atoms with E-state index in [2.05, 4.69) is 0 Å². The fraction of sp³-hybridized carbons (Fsp3) is 0.632. The molecule has 3 rings (SSSR count). The van der Waals surface area contributed by atoms with Gasteiger partial charge in [-0.05, 0) is 50.3 Å². The predicted octanol–water partition coefficient (Wildman–Crippen LogP) is 3.93. The first-order valence-corrected chi connectivity index (χ1v) is 9.11. The highest BCUT2D eigenvalue weighted by molar-refractivity contribution is 5.79. The molecule has 0 radical (unpaired) electrons. The van der Waals surface area contributed by atoms with Gasteiger partial charge in [0.25, 0.3) is 0 Å². The minimum absolute atomic E-state index is 0.0788. The first kappa shape index (κ1) is 18.2. The van der Waals surface area contributed by atoms with Gasteiger partial charge in [-0.2, -0.15) is 13.2 Å². The third kappa shape index (κ3) is 4.54. The summed E-state index contributed by atoms with van der Waals surface area (Å²) in [6.45, 7) is 3.20. The van der Waals surface area contributed by atoms with Crippen LogP contribution in [0.2, 0.25) is 0 Å². The Morgan fingerprint density at radius 1 is 1.04 bits per heavy atom. The maximum Gasteiger partial charge on any atom is 0.416 e. The van der Waals surface area contributed by atoms with Gasteiger partial charge in [-0.3, -0.25) is 9.69 Å². The van der Waals surface area contributed by atoms with Crippen LogP contribution in [0.15, 0.2) is 24.3 Å². The lowest BCUT2D eigenvalue weighted by Crippen LogP contribution is -2.46. The van der Waals surface area contributed by atoms with Crippen LogP contribution in [0, 0.1) is 5.92 Å². The highest BCUT2D eigenvalue weighted by atomic mass is 19.4. The van der Waals surface area contributed by atoms with E-state index in [1.54, 1.807) is 12.1 Å². The average molecular weight is 354 g/mol. The molecule has 0 aromatic heterocycles. The molecule has 0 saturated carbocycles. The van der Waals surface area contributed by atoms with E-state index in [1.807, 2.05) is 9.80 Å². The number of rotatable bonds is 3. The van der Waals surface area contributed by atoms with Crippen LogP contribution in [0.5, 0.6) is 0 Å². The molecule has 0 N–H and O–H groups in total. The summed E-state index contributed by atoms with van der Waals surface area (Å²) in [6.07, 6.45) is 0.650. The second-order valence-electron chi connectivity index (χ2n) is 7.12. The zero-order valence-electron chi connectivity index (χ0n) is 14.4. The second kappa shape index (κ2) is 7.77. The van der Waals surface area contributed by atoms with Crippen LogP contribution >= 0.6 is 0 Å². The van der Waals surface area contributed by atoms with Crippen LogP contribution in [0.1, 0.15) is 43.2 Å². The van der Waals surface area contributed by atoms with Gasteiger partial charge in [-0.15, -0.1) is 0 Å². The summed E-state index contributed by atoms with van der Waals surface area (Å²) in [5, 5.41) is 0. The Morgan fingerprint density at radius 2 is 1.76 bits per heavy atom. The van der Waals surface area contributed by atoms with Crippen molar-refractivity contribution in [1.29, 1.82) is 0 Å². The van der Waals surface area contributed by atoms with Crippen LogP contribution in [0.25, 0.3) is 0 Å². The first-order chi connectivity index (χ1) is 11.9. The number of carbonyl (C=O) groups excluding carboxylic acids is 1. The van der Waals surface area contributed by atoms with Crippen LogP contribution in [-0.2, 0) is 17.5 Å². The number of benzene rings is 1. The summed E-state index contributed by atoms with van der Waals surface area (Å²) < 4.78 is 39.5. The lowest BCUT2D eigenvalue weighted by molar-refractivity contribution is -0.140. The van der Waals surface area contributed by atoms with E-state index >= 15 is 0 Å². The Bertz CT molecular complexity index is 597. The molecule has 1 aromatic rings. The number of amides is 1. The van der Waals surface area contributed by atoms with Crippen molar-refractivity contribution >= 4 is 5.91 Å². The van der Waals surface area contributed by atoms with Gasteiger partial charge in [-0.25, -0.2) is 0 Å². The van der Waals surface area contributed by atoms with Crippen molar-refractivity contribution in [3.8, 4) is 0 Å². The summed E-state index contributed by atoms with van der Waals surface area (Å²) in [5.74, 6) is 0.110. The van der Waals surface area contributed by atoms with Crippen LogP contribution in [-0.4, -0.2) is 41.9 Å². The fourth-order valence-electron chi connectivity index (χ4n) is 3.95. The van der Waals surface area contributed by atoms with Crippen molar-refractivity contribution in [2.24, 2.45) is 5.92 Å². The molecule has 1 amide bonds. The number of carbonyl (C=O) groups is 1.